The van der Waals surface area contributed by atoms with E-state index in [9.17, 15) is 9.59 Å². The number of hydrogen-bond acceptors (Lipinski definition) is 3. The van der Waals surface area contributed by atoms with Crippen LogP contribution in [0.1, 0.15) is 34.8 Å². The Hall–Kier alpha value is -2.82. The Labute approximate surface area is 147 Å². The number of hydrogen-bond donors (Lipinski definition) is 2. The molecule has 0 radical (unpaired) electrons. The van der Waals surface area contributed by atoms with Crippen LogP contribution in [-0.4, -0.2) is 30.1 Å². The summed E-state index contributed by atoms with van der Waals surface area (Å²) in [5.74, 6) is -0.201. The van der Waals surface area contributed by atoms with Crippen molar-refractivity contribution >= 4 is 11.9 Å². The van der Waals surface area contributed by atoms with Gasteiger partial charge in [0.05, 0.1) is 19.1 Å². The predicted molar refractivity (Wildman–Crippen MR) is 96.0 cm³/mol. The highest BCUT2D eigenvalue weighted by atomic mass is 16.5. The maximum absolute atomic E-state index is 12.1. The first-order valence-corrected chi connectivity index (χ1v) is 8.22. The van der Waals surface area contributed by atoms with Gasteiger partial charge in [0.15, 0.2) is 0 Å². The van der Waals surface area contributed by atoms with Crippen molar-refractivity contribution in [1.82, 2.24) is 5.32 Å². The topological polar surface area (TPSA) is 75.6 Å². The Balaban J connectivity index is 1.78. The summed E-state index contributed by atoms with van der Waals surface area (Å²) in [6.45, 7) is 1.98. The summed E-state index contributed by atoms with van der Waals surface area (Å²) in [4.78, 5) is 22.9. The third-order valence-electron chi connectivity index (χ3n) is 4.00. The van der Waals surface area contributed by atoms with Crippen LogP contribution in [0.4, 0.5) is 0 Å². The number of ether oxygens (including phenoxy) is 1. The molecule has 25 heavy (non-hydrogen) atoms. The van der Waals surface area contributed by atoms with Crippen molar-refractivity contribution < 1.29 is 19.4 Å². The lowest BCUT2D eigenvalue weighted by molar-refractivity contribution is -0.121. The lowest BCUT2D eigenvalue weighted by Gasteiger charge is -2.14. The molecule has 2 rings (SSSR count). The number of benzene rings is 2. The molecule has 2 aromatic rings. The number of carboxylic acids is 1. The number of amides is 1. The first-order valence-electron chi connectivity index (χ1n) is 8.22. The SMILES string of the molecule is COc1ccc(CCC(C)NC(=O)Cc2ccc(C(=O)O)cc2)cc1. The summed E-state index contributed by atoms with van der Waals surface area (Å²) in [6.07, 6.45) is 1.96. The van der Waals surface area contributed by atoms with Crippen molar-refractivity contribution in [2.45, 2.75) is 32.2 Å². The highest BCUT2D eigenvalue weighted by molar-refractivity contribution is 5.87. The van der Waals surface area contributed by atoms with Gasteiger partial charge in [-0.05, 0) is 55.2 Å². The van der Waals surface area contributed by atoms with E-state index in [2.05, 4.69) is 5.32 Å². The van der Waals surface area contributed by atoms with E-state index in [1.807, 2.05) is 31.2 Å². The summed E-state index contributed by atoms with van der Waals surface area (Å²) in [5.41, 5.74) is 2.22. The second kappa shape index (κ2) is 8.87. The van der Waals surface area contributed by atoms with E-state index < -0.39 is 5.97 Å². The molecule has 0 saturated heterocycles. The van der Waals surface area contributed by atoms with Crippen LogP contribution < -0.4 is 10.1 Å². The molecule has 0 bridgehead atoms. The molecule has 0 aliphatic heterocycles. The van der Waals surface area contributed by atoms with E-state index in [1.165, 1.54) is 17.7 Å². The van der Waals surface area contributed by atoms with Crippen LogP contribution >= 0.6 is 0 Å². The van der Waals surface area contributed by atoms with Crippen LogP contribution in [0.3, 0.4) is 0 Å². The molecular formula is C20H23NO4. The van der Waals surface area contributed by atoms with E-state index in [0.717, 1.165) is 24.2 Å². The second-order valence-electron chi connectivity index (χ2n) is 6.03. The molecule has 0 fully saturated rings. The van der Waals surface area contributed by atoms with Gasteiger partial charge < -0.3 is 15.2 Å². The van der Waals surface area contributed by atoms with Crippen molar-refractivity contribution in [2.75, 3.05) is 7.11 Å². The molecule has 1 unspecified atom stereocenters. The number of carboxylic acid groups (broad SMARTS) is 1. The minimum Gasteiger partial charge on any atom is -0.497 e. The van der Waals surface area contributed by atoms with E-state index >= 15 is 0 Å². The highest BCUT2D eigenvalue weighted by Gasteiger charge is 2.09. The Bertz CT molecular complexity index is 707. The molecule has 1 atom stereocenters. The monoisotopic (exact) mass is 341 g/mol. The van der Waals surface area contributed by atoms with E-state index in [0.29, 0.717) is 0 Å². The number of methoxy groups -OCH3 is 1. The van der Waals surface area contributed by atoms with Gasteiger partial charge >= 0.3 is 5.97 Å². The molecule has 2 aromatic carbocycles. The van der Waals surface area contributed by atoms with Crippen molar-refractivity contribution in [3.8, 4) is 5.75 Å². The third kappa shape index (κ3) is 5.95. The van der Waals surface area contributed by atoms with Gasteiger partial charge in [-0.2, -0.15) is 0 Å². The van der Waals surface area contributed by atoms with Gasteiger partial charge in [0, 0.05) is 6.04 Å². The molecule has 0 aliphatic carbocycles. The number of rotatable bonds is 8. The normalized spacial score (nSPS) is 11.6. The molecular weight excluding hydrogens is 318 g/mol. The Morgan fingerprint density at radius 2 is 1.64 bits per heavy atom. The Kier molecular flexibility index (Phi) is 6.57. The average Bonchev–Trinajstić information content (AvgIpc) is 2.60. The molecule has 2 N–H and O–H groups in total. The van der Waals surface area contributed by atoms with Gasteiger partial charge in [0.25, 0.3) is 0 Å². The van der Waals surface area contributed by atoms with Crippen LogP contribution in [0.5, 0.6) is 5.75 Å². The zero-order valence-corrected chi connectivity index (χ0v) is 14.5. The molecule has 0 aliphatic rings. The molecule has 0 aromatic heterocycles. The first kappa shape index (κ1) is 18.5. The maximum Gasteiger partial charge on any atom is 0.335 e. The molecule has 0 saturated carbocycles. The summed E-state index contributed by atoms with van der Waals surface area (Å²) in [7, 11) is 1.64. The summed E-state index contributed by atoms with van der Waals surface area (Å²) in [6, 6.07) is 14.3. The van der Waals surface area contributed by atoms with Crippen LogP contribution in [0.2, 0.25) is 0 Å². The maximum atomic E-state index is 12.1. The molecule has 0 spiro atoms. The third-order valence-corrected chi connectivity index (χ3v) is 4.00. The fourth-order valence-corrected chi connectivity index (χ4v) is 2.52. The van der Waals surface area contributed by atoms with Crippen LogP contribution in [-0.2, 0) is 17.6 Å². The van der Waals surface area contributed by atoms with Gasteiger partial charge in [0.2, 0.25) is 5.91 Å². The van der Waals surface area contributed by atoms with Gasteiger partial charge in [-0.3, -0.25) is 4.79 Å². The van der Waals surface area contributed by atoms with E-state index in [4.69, 9.17) is 9.84 Å². The molecule has 0 heterocycles. The van der Waals surface area contributed by atoms with Gasteiger partial charge in [0.1, 0.15) is 5.75 Å². The highest BCUT2D eigenvalue weighted by Crippen LogP contribution is 2.13. The molecule has 5 nitrogen and oxygen atoms in total. The van der Waals surface area contributed by atoms with Crippen LogP contribution in [0, 0.1) is 0 Å². The summed E-state index contributed by atoms with van der Waals surface area (Å²) in [5, 5.41) is 11.9. The molecule has 5 heteroatoms. The second-order valence-corrected chi connectivity index (χ2v) is 6.03. The number of aryl methyl sites for hydroxylation is 1. The molecule has 132 valence electrons. The van der Waals surface area contributed by atoms with E-state index in [-0.39, 0.29) is 23.9 Å². The molecule has 1 amide bonds. The number of aromatic carboxylic acids is 1. The zero-order chi connectivity index (χ0) is 18.2. The number of carbonyl (C=O) groups excluding carboxylic acids is 1. The lowest BCUT2D eigenvalue weighted by atomic mass is 10.1. The minimum atomic E-state index is -0.969. The Morgan fingerprint density at radius 3 is 2.20 bits per heavy atom. The fraction of sp³-hybridized carbons (Fsp3) is 0.300. The predicted octanol–water partition coefficient (Wildman–Crippen LogP) is 3.07. The average molecular weight is 341 g/mol. The van der Waals surface area contributed by atoms with Gasteiger partial charge in [-0.15, -0.1) is 0 Å². The smallest absolute Gasteiger partial charge is 0.335 e. The summed E-state index contributed by atoms with van der Waals surface area (Å²) < 4.78 is 5.13. The summed E-state index contributed by atoms with van der Waals surface area (Å²) >= 11 is 0. The number of nitrogens with one attached hydrogen (secondary N) is 1. The van der Waals surface area contributed by atoms with Gasteiger partial charge in [-0.25, -0.2) is 4.79 Å². The van der Waals surface area contributed by atoms with Crippen molar-refractivity contribution in [1.29, 1.82) is 0 Å². The van der Waals surface area contributed by atoms with Crippen molar-refractivity contribution in [3.63, 3.8) is 0 Å². The Morgan fingerprint density at radius 1 is 1.04 bits per heavy atom. The number of carbonyl (C=O) groups is 2. The zero-order valence-electron chi connectivity index (χ0n) is 14.5. The fourth-order valence-electron chi connectivity index (χ4n) is 2.52. The standard InChI is InChI=1S/C20H23NO4/c1-14(3-4-15-7-11-18(25-2)12-8-15)21-19(22)13-16-5-9-17(10-6-16)20(23)24/h5-12,14H,3-4,13H2,1-2H3,(H,21,22)(H,23,24). The van der Waals surface area contributed by atoms with Crippen molar-refractivity contribution in [3.05, 3.63) is 65.2 Å². The first-order chi connectivity index (χ1) is 12.0. The lowest BCUT2D eigenvalue weighted by Crippen LogP contribution is -2.34. The van der Waals surface area contributed by atoms with Crippen LogP contribution in [0.25, 0.3) is 0 Å². The largest absolute Gasteiger partial charge is 0.497 e. The van der Waals surface area contributed by atoms with Crippen molar-refractivity contribution in [2.24, 2.45) is 0 Å². The van der Waals surface area contributed by atoms with E-state index in [1.54, 1.807) is 19.2 Å². The van der Waals surface area contributed by atoms with Gasteiger partial charge in [-0.1, -0.05) is 24.3 Å². The van der Waals surface area contributed by atoms with Crippen LogP contribution in [0.15, 0.2) is 48.5 Å². The quantitative estimate of drug-likeness (QED) is 0.774. The minimum absolute atomic E-state index is 0.0629.